The van der Waals surface area contributed by atoms with Gasteiger partial charge in [0.1, 0.15) is 30.2 Å². The van der Waals surface area contributed by atoms with E-state index >= 15 is 0 Å². The zero-order chi connectivity index (χ0) is 39.0. The lowest BCUT2D eigenvalue weighted by atomic mass is 9.98. The number of carbonyl (C=O) groups is 9. The minimum absolute atomic E-state index is 0.0107. The molecule has 18 nitrogen and oxygen atoms in total. The summed E-state index contributed by atoms with van der Waals surface area (Å²) in [4.78, 5) is 110. The molecule has 0 aliphatic heterocycles. The van der Waals surface area contributed by atoms with Crippen LogP contribution in [0, 0.1) is 0 Å². The molecule has 0 bridgehead atoms. The third kappa shape index (κ3) is 14.3. The Bertz CT molecular complexity index is 1670. The highest BCUT2D eigenvalue weighted by molar-refractivity contribution is 7.80. The lowest BCUT2D eigenvalue weighted by Crippen LogP contribution is -2.59. The molecular weight excluding hydrogens is 704 g/mol. The van der Waals surface area contributed by atoms with Gasteiger partial charge in [0.2, 0.25) is 35.4 Å². The molecule has 10 N–H and O–H groups in total. The SMILES string of the molecule is CC(NC(=O)C(Cc1cccc2ccccc12)NC(=O)CCCC(=O)O)C(=O)NC(CS)C(=O)NC(CCC(=O)O)C(=O)NC(CC(=O)O)C(N)=O. The Kier molecular flexibility index (Phi) is 17.0. The minimum Gasteiger partial charge on any atom is -0.481 e. The molecule has 5 unspecified atom stereocenters. The van der Waals surface area contributed by atoms with Crippen molar-refractivity contribution in [3.8, 4) is 0 Å². The highest BCUT2D eigenvalue weighted by atomic mass is 32.1. The number of carboxylic acids is 3. The number of amides is 6. The largest absolute Gasteiger partial charge is 0.481 e. The summed E-state index contributed by atoms with van der Waals surface area (Å²) in [7, 11) is 0. The fraction of sp³-hybridized carbons (Fsp3) is 0.424. The Labute approximate surface area is 303 Å². The molecular formula is C33H42N6O12S. The molecule has 0 fully saturated rings. The van der Waals surface area contributed by atoms with Gasteiger partial charge in [-0.2, -0.15) is 12.6 Å². The van der Waals surface area contributed by atoms with Crippen LogP contribution in [0.3, 0.4) is 0 Å². The van der Waals surface area contributed by atoms with Crippen molar-refractivity contribution in [1.82, 2.24) is 26.6 Å². The van der Waals surface area contributed by atoms with Crippen LogP contribution < -0.4 is 32.3 Å². The van der Waals surface area contributed by atoms with Gasteiger partial charge < -0.3 is 47.6 Å². The summed E-state index contributed by atoms with van der Waals surface area (Å²) in [6.45, 7) is 1.31. The van der Waals surface area contributed by atoms with Gasteiger partial charge in [-0.15, -0.1) is 0 Å². The second-order valence-corrected chi connectivity index (χ2v) is 12.1. The van der Waals surface area contributed by atoms with Gasteiger partial charge in [0.05, 0.1) is 6.42 Å². The first-order valence-corrected chi connectivity index (χ1v) is 16.7. The molecule has 0 saturated carbocycles. The van der Waals surface area contributed by atoms with Gasteiger partial charge in [-0.05, 0) is 36.1 Å². The third-order valence-electron chi connectivity index (χ3n) is 7.64. The monoisotopic (exact) mass is 746 g/mol. The number of primary amides is 1. The maximum Gasteiger partial charge on any atom is 0.305 e. The van der Waals surface area contributed by atoms with E-state index in [0.29, 0.717) is 5.56 Å². The fourth-order valence-electron chi connectivity index (χ4n) is 4.92. The van der Waals surface area contributed by atoms with Crippen LogP contribution in [0.4, 0.5) is 0 Å². The van der Waals surface area contributed by atoms with Crippen molar-refractivity contribution >= 4 is 76.8 Å². The van der Waals surface area contributed by atoms with Crippen LogP contribution in [0.2, 0.25) is 0 Å². The Morgan fingerprint density at radius 1 is 0.654 bits per heavy atom. The molecule has 2 aromatic rings. The van der Waals surface area contributed by atoms with Gasteiger partial charge in [-0.3, -0.25) is 43.2 Å². The maximum atomic E-state index is 13.5. The highest BCUT2D eigenvalue weighted by Gasteiger charge is 2.31. The first kappa shape index (κ1) is 42.4. The predicted octanol–water partition coefficient (Wildman–Crippen LogP) is -1.16. The topological polar surface area (TPSA) is 300 Å². The van der Waals surface area contributed by atoms with E-state index in [1.807, 2.05) is 30.3 Å². The molecule has 52 heavy (non-hydrogen) atoms. The number of hydrogen-bond acceptors (Lipinski definition) is 10. The molecule has 0 aromatic heterocycles. The molecule has 0 saturated heterocycles. The van der Waals surface area contributed by atoms with Gasteiger partial charge in [0, 0.05) is 31.4 Å². The van der Waals surface area contributed by atoms with Crippen molar-refractivity contribution in [3.63, 3.8) is 0 Å². The molecule has 19 heteroatoms. The summed E-state index contributed by atoms with van der Waals surface area (Å²) in [6.07, 6.45) is -2.36. The number of nitrogens with one attached hydrogen (secondary N) is 5. The van der Waals surface area contributed by atoms with E-state index in [1.165, 1.54) is 6.92 Å². The molecule has 6 amide bonds. The van der Waals surface area contributed by atoms with Crippen molar-refractivity contribution in [2.45, 2.75) is 82.1 Å². The van der Waals surface area contributed by atoms with E-state index in [1.54, 1.807) is 12.1 Å². The Morgan fingerprint density at radius 2 is 1.23 bits per heavy atom. The molecule has 2 rings (SSSR count). The van der Waals surface area contributed by atoms with Crippen molar-refractivity contribution < 1.29 is 58.5 Å². The average molecular weight is 747 g/mol. The molecule has 2 aromatic carbocycles. The molecule has 0 aliphatic carbocycles. The number of aliphatic carboxylic acids is 3. The second-order valence-electron chi connectivity index (χ2n) is 11.7. The number of benzene rings is 2. The number of carboxylic acid groups (broad SMARTS) is 3. The summed E-state index contributed by atoms with van der Waals surface area (Å²) in [5.41, 5.74) is 5.86. The van der Waals surface area contributed by atoms with Gasteiger partial charge in [0.15, 0.2) is 0 Å². The third-order valence-corrected chi connectivity index (χ3v) is 8.00. The van der Waals surface area contributed by atoms with Crippen molar-refractivity contribution in [3.05, 3.63) is 48.0 Å². The minimum atomic E-state index is -1.67. The lowest BCUT2D eigenvalue weighted by molar-refractivity contribution is -0.140. The van der Waals surface area contributed by atoms with E-state index < -0.39 is 103 Å². The second kappa shape index (κ2) is 20.8. The van der Waals surface area contributed by atoms with Crippen molar-refractivity contribution in [2.75, 3.05) is 5.75 Å². The summed E-state index contributed by atoms with van der Waals surface area (Å²) in [5.74, 6) is -9.72. The fourth-order valence-corrected chi connectivity index (χ4v) is 5.17. The summed E-state index contributed by atoms with van der Waals surface area (Å²) in [6, 6.07) is 5.61. The van der Waals surface area contributed by atoms with E-state index in [2.05, 4.69) is 39.2 Å². The van der Waals surface area contributed by atoms with Crippen LogP contribution >= 0.6 is 12.6 Å². The van der Waals surface area contributed by atoms with Crippen LogP contribution in [-0.2, 0) is 49.6 Å². The quantitative estimate of drug-likeness (QED) is 0.0638. The van der Waals surface area contributed by atoms with Gasteiger partial charge >= 0.3 is 17.9 Å². The van der Waals surface area contributed by atoms with Gasteiger partial charge in [-0.1, -0.05) is 42.5 Å². The molecule has 0 radical (unpaired) electrons. The van der Waals surface area contributed by atoms with E-state index in [4.69, 9.17) is 21.1 Å². The van der Waals surface area contributed by atoms with Crippen molar-refractivity contribution in [2.24, 2.45) is 5.73 Å². The smallest absolute Gasteiger partial charge is 0.305 e. The predicted molar refractivity (Wildman–Crippen MR) is 187 cm³/mol. The maximum absolute atomic E-state index is 13.5. The molecule has 0 spiro atoms. The van der Waals surface area contributed by atoms with E-state index in [0.717, 1.165) is 10.8 Å². The van der Waals surface area contributed by atoms with Crippen LogP contribution in [0.25, 0.3) is 10.8 Å². The Balaban J connectivity index is 2.18. The number of nitrogens with two attached hydrogens (primary N) is 1. The molecule has 0 aliphatic rings. The summed E-state index contributed by atoms with van der Waals surface area (Å²) < 4.78 is 0. The number of carbonyl (C=O) groups excluding carboxylic acids is 6. The standard InChI is InChI=1S/C33H42N6O12S/c1-17(30(48)39-24(16-52)33(51)37-21(12-13-27(43)44)31(49)38-22(29(34)47)15-28(45)46)35-32(50)23(36-25(40)10-5-11-26(41)42)14-19-8-4-7-18-6-2-3-9-20(18)19/h2-4,6-9,17,21-24,52H,5,10-16H2,1H3,(H2,34,47)(H,35,50)(H,36,40)(H,37,51)(H,38,49)(H,39,48)(H,41,42)(H,43,44)(H,45,46). The number of rotatable bonds is 22. The zero-order valence-corrected chi connectivity index (χ0v) is 29.0. The summed E-state index contributed by atoms with van der Waals surface area (Å²) >= 11 is 4.07. The lowest BCUT2D eigenvalue weighted by Gasteiger charge is -2.25. The van der Waals surface area contributed by atoms with E-state index in [-0.39, 0.29) is 31.4 Å². The zero-order valence-electron chi connectivity index (χ0n) is 28.1. The highest BCUT2D eigenvalue weighted by Crippen LogP contribution is 2.20. The number of thiol groups is 1. The first-order chi connectivity index (χ1) is 24.5. The van der Waals surface area contributed by atoms with Crippen molar-refractivity contribution in [1.29, 1.82) is 0 Å². The normalized spacial score (nSPS) is 13.7. The Hall–Kier alpha value is -5.72. The van der Waals surface area contributed by atoms with Gasteiger partial charge in [0.25, 0.3) is 0 Å². The van der Waals surface area contributed by atoms with Crippen LogP contribution in [-0.4, -0.2) is 105 Å². The molecule has 0 heterocycles. The molecule has 5 atom stereocenters. The number of fused-ring (bicyclic) bond motifs is 1. The summed E-state index contributed by atoms with van der Waals surface area (Å²) in [5, 5.41) is 40.5. The first-order valence-electron chi connectivity index (χ1n) is 16.0. The van der Waals surface area contributed by atoms with Crippen LogP contribution in [0.5, 0.6) is 0 Å². The van der Waals surface area contributed by atoms with Gasteiger partial charge in [-0.25, -0.2) is 0 Å². The van der Waals surface area contributed by atoms with Crippen LogP contribution in [0.1, 0.15) is 51.0 Å². The average Bonchev–Trinajstić information content (AvgIpc) is 3.07. The van der Waals surface area contributed by atoms with Crippen LogP contribution in [0.15, 0.2) is 42.5 Å². The van der Waals surface area contributed by atoms with E-state index in [9.17, 15) is 43.2 Å². The number of hydrogen-bond donors (Lipinski definition) is 10. The molecule has 282 valence electrons. The Morgan fingerprint density at radius 3 is 1.85 bits per heavy atom.